The van der Waals surface area contributed by atoms with Crippen molar-refractivity contribution in [3.05, 3.63) is 59.4 Å². The number of nitrogens with one attached hydrogen (secondary N) is 3. The molecule has 5 aliphatic rings. The van der Waals surface area contributed by atoms with Crippen LogP contribution in [-0.4, -0.2) is 87.6 Å². The van der Waals surface area contributed by atoms with Crippen molar-refractivity contribution in [2.75, 3.05) is 6.54 Å². The standard InChI is InChI=1S/C37H42FN7O8S/c1-20-34(41-28-15-23(38)11-14-26(28)39-20)52-24-16-30-33(47)42-37(36(49)44-54(50,51)25-12-13-25)18-22(37)7-5-3-2-4-6-8-27(35(48)45(30)19-24)40-32(46)29-17-31(53-43-29)21-9-10-21/h5,7,11,14-15,17,21-22,24-25,27,30H,2-4,6,8-10,12-13,16,18-19H2,1H3,(H,40,46)(H,42,47)(H,44,49)/b7-5-/t22?,24-,27+,30+,37-/m1/s1. The van der Waals surface area contributed by atoms with Crippen molar-refractivity contribution in [3.8, 4) is 5.88 Å². The molecule has 3 N–H and O–H groups in total. The fraction of sp³-hybridized carbons (Fsp3) is 0.541. The highest BCUT2D eigenvalue weighted by Crippen LogP contribution is 2.46. The van der Waals surface area contributed by atoms with Gasteiger partial charge in [0.25, 0.3) is 11.8 Å². The van der Waals surface area contributed by atoms with E-state index in [4.69, 9.17) is 9.26 Å². The molecule has 2 aliphatic heterocycles. The summed E-state index contributed by atoms with van der Waals surface area (Å²) in [4.78, 5) is 66.3. The predicted octanol–water partition coefficient (Wildman–Crippen LogP) is 3.09. The van der Waals surface area contributed by atoms with Crippen molar-refractivity contribution in [2.24, 2.45) is 5.92 Å². The Morgan fingerprint density at radius 3 is 2.65 bits per heavy atom. The van der Waals surface area contributed by atoms with Crippen LogP contribution < -0.4 is 20.1 Å². The second kappa shape index (κ2) is 14.0. The Kier molecular flexibility index (Phi) is 9.38. The molecular formula is C37H42FN7O8S. The molecule has 4 amide bonds. The van der Waals surface area contributed by atoms with Gasteiger partial charge in [-0.1, -0.05) is 30.2 Å². The van der Waals surface area contributed by atoms with Crippen LogP contribution in [-0.2, 0) is 24.4 Å². The summed E-state index contributed by atoms with van der Waals surface area (Å²) >= 11 is 0. The molecule has 286 valence electrons. The molecule has 5 atom stereocenters. The number of halogens is 1. The summed E-state index contributed by atoms with van der Waals surface area (Å²) in [5.41, 5.74) is -0.339. The largest absolute Gasteiger partial charge is 0.471 e. The van der Waals surface area contributed by atoms with E-state index in [9.17, 15) is 32.0 Å². The van der Waals surface area contributed by atoms with E-state index >= 15 is 0 Å². The van der Waals surface area contributed by atoms with E-state index < -0.39 is 74.4 Å². The third-order valence-electron chi connectivity index (χ3n) is 10.9. The quantitative estimate of drug-likeness (QED) is 0.285. The Morgan fingerprint density at radius 2 is 1.87 bits per heavy atom. The van der Waals surface area contributed by atoms with E-state index in [-0.39, 0.29) is 48.8 Å². The molecule has 4 fully saturated rings. The number of benzene rings is 1. The molecule has 3 aromatic rings. The van der Waals surface area contributed by atoms with Crippen LogP contribution in [0.1, 0.15) is 98.5 Å². The van der Waals surface area contributed by atoms with E-state index in [1.807, 2.05) is 12.2 Å². The first kappa shape index (κ1) is 36.1. The maximum Gasteiger partial charge on any atom is 0.274 e. The second-order valence-electron chi connectivity index (χ2n) is 15.2. The Morgan fingerprint density at radius 1 is 1.06 bits per heavy atom. The monoisotopic (exact) mass is 763 g/mol. The number of nitrogens with zero attached hydrogens (tertiary/aromatic N) is 4. The Balaban J connectivity index is 1.09. The van der Waals surface area contributed by atoms with E-state index in [0.717, 1.165) is 25.7 Å². The lowest BCUT2D eigenvalue weighted by atomic mass is 10.0. The molecule has 3 aliphatic carbocycles. The minimum Gasteiger partial charge on any atom is -0.471 e. The number of aromatic nitrogens is 3. The van der Waals surface area contributed by atoms with E-state index in [1.54, 1.807) is 13.0 Å². The highest BCUT2D eigenvalue weighted by atomic mass is 32.2. The minimum atomic E-state index is -3.91. The first-order valence-electron chi connectivity index (χ1n) is 18.6. The molecule has 1 unspecified atom stereocenters. The molecule has 4 heterocycles. The summed E-state index contributed by atoms with van der Waals surface area (Å²) in [7, 11) is -3.91. The third-order valence-corrected chi connectivity index (χ3v) is 12.7. The van der Waals surface area contributed by atoms with Crippen molar-refractivity contribution in [1.82, 2.24) is 35.4 Å². The number of rotatable bonds is 8. The zero-order valence-electron chi connectivity index (χ0n) is 29.8. The van der Waals surface area contributed by atoms with Crippen molar-refractivity contribution < 1.29 is 41.2 Å². The number of carbonyl (C=O) groups excluding carboxylic acids is 4. The fourth-order valence-corrected chi connectivity index (χ4v) is 8.77. The highest BCUT2D eigenvalue weighted by Gasteiger charge is 2.62. The van der Waals surface area contributed by atoms with Gasteiger partial charge in [0, 0.05) is 30.4 Å². The van der Waals surface area contributed by atoms with E-state index in [2.05, 4.69) is 30.5 Å². The van der Waals surface area contributed by atoms with Gasteiger partial charge in [0.2, 0.25) is 27.7 Å². The van der Waals surface area contributed by atoms with Crippen LogP contribution in [0.5, 0.6) is 5.88 Å². The van der Waals surface area contributed by atoms with Gasteiger partial charge < -0.3 is 24.8 Å². The molecule has 8 rings (SSSR count). The Labute approximate surface area is 310 Å². The van der Waals surface area contributed by atoms with Crippen LogP contribution in [0, 0.1) is 18.7 Å². The van der Waals surface area contributed by atoms with Gasteiger partial charge in [-0.15, -0.1) is 0 Å². The summed E-state index contributed by atoms with van der Waals surface area (Å²) in [6.07, 6.45) is 9.03. The number of carbonyl (C=O) groups is 4. The minimum absolute atomic E-state index is 0.0207. The molecule has 0 spiro atoms. The Hall–Kier alpha value is -4.93. The zero-order valence-corrected chi connectivity index (χ0v) is 30.6. The number of hydrogen-bond donors (Lipinski definition) is 3. The van der Waals surface area contributed by atoms with Gasteiger partial charge in [0.05, 0.1) is 22.8 Å². The van der Waals surface area contributed by atoms with E-state index in [0.29, 0.717) is 42.7 Å². The van der Waals surface area contributed by atoms with Crippen LogP contribution in [0.4, 0.5) is 4.39 Å². The predicted molar refractivity (Wildman–Crippen MR) is 190 cm³/mol. The molecule has 1 saturated heterocycles. The van der Waals surface area contributed by atoms with Crippen molar-refractivity contribution in [2.45, 2.75) is 112 Å². The lowest BCUT2D eigenvalue weighted by molar-refractivity contribution is -0.141. The number of sulfonamides is 1. The molecule has 17 heteroatoms. The van der Waals surface area contributed by atoms with Gasteiger partial charge in [0.15, 0.2) is 5.69 Å². The van der Waals surface area contributed by atoms with E-state index in [1.165, 1.54) is 23.1 Å². The summed E-state index contributed by atoms with van der Waals surface area (Å²) < 4.78 is 53.5. The molecular weight excluding hydrogens is 722 g/mol. The lowest BCUT2D eigenvalue weighted by Gasteiger charge is -2.29. The first-order chi connectivity index (χ1) is 25.9. The number of allylic oxidation sites excluding steroid dienone is 1. The molecule has 54 heavy (non-hydrogen) atoms. The lowest BCUT2D eigenvalue weighted by Crippen LogP contribution is -2.58. The molecule has 2 aromatic heterocycles. The average molecular weight is 764 g/mol. The van der Waals surface area contributed by atoms with Gasteiger partial charge in [0.1, 0.15) is 41.0 Å². The fourth-order valence-electron chi connectivity index (χ4n) is 7.41. The van der Waals surface area contributed by atoms with Gasteiger partial charge in [-0.3, -0.25) is 23.9 Å². The van der Waals surface area contributed by atoms with Gasteiger partial charge in [-0.2, -0.15) is 0 Å². The topological polar surface area (TPSA) is 203 Å². The first-order valence-corrected chi connectivity index (χ1v) is 20.2. The van der Waals surface area contributed by atoms with Gasteiger partial charge in [-0.05, 0) is 70.4 Å². The third kappa shape index (κ3) is 7.42. The summed E-state index contributed by atoms with van der Waals surface area (Å²) in [5.74, 6) is -2.60. The Bertz CT molecular complexity index is 2150. The molecule has 0 radical (unpaired) electrons. The maximum atomic E-state index is 14.5. The van der Waals surface area contributed by atoms with Crippen LogP contribution in [0.25, 0.3) is 11.0 Å². The maximum absolute atomic E-state index is 14.5. The van der Waals surface area contributed by atoms with Crippen LogP contribution in [0.15, 0.2) is 40.9 Å². The van der Waals surface area contributed by atoms with Crippen molar-refractivity contribution in [1.29, 1.82) is 0 Å². The smallest absolute Gasteiger partial charge is 0.274 e. The summed E-state index contributed by atoms with van der Waals surface area (Å²) in [6, 6.07) is 3.41. The van der Waals surface area contributed by atoms with Crippen LogP contribution in [0.2, 0.25) is 0 Å². The van der Waals surface area contributed by atoms with Crippen molar-refractivity contribution in [3.63, 3.8) is 0 Å². The number of amides is 4. The van der Waals surface area contributed by atoms with Crippen LogP contribution in [0.3, 0.4) is 0 Å². The van der Waals surface area contributed by atoms with Crippen LogP contribution >= 0.6 is 0 Å². The SMILES string of the molecule is Cc1nc2ccc(F)cc2nc1O[C@@H]1C[C@H]2C(=O)N[C@]3(C(=O)NS(=O)(=O)C4CC4)CC3/C=C\CCCCC[C@H](NC(=O)c3cc(C4CC4)on3)C(=O)N2C1. The van der Waals surface area contributed by atoms with Crippen molar-refractivity contribution >= 4 is 44.7 Å². The molecule has 15 nitrogen and oxygen atoms in total. The average Bonchev–Trinajstić information content (AvgIpc) is 4.08. The van der Waals surface area contributed by atoms with Gasteiger partial charge in [-0.25, -0.2) is 22.8 Å². The highest BCUT2D eigenvalue weighted by molar-refractivity contribution is 7.91. The zero-order chi connectivity index (χ0) is 37.8. The summed E-state index contributed by atoms with van der Waals surface area (Å²) in [5, 5.41) is 8.96. The number of hydrogen-bond acceptors (Lipinski definition) is 11. The second-order valence-corrected chi connectivity index (χ2v) is 17.1. The molecule has 3 saturated carbocycles. The van der Waals surface area contributed by atoms with Gasteiger partial charge >= 0.3 is 0 Å². The number of aryl methyl sites for hydroxylation is 1. The summed E-state index contributed by atoms with van der Waals surface area (Å²) in [6.45, 7) is 1.60. The normalized spacial score (nSPS) is 28.2. The number of fused-ring (bicyclic) bond motifs is 3. The molecule has 0 bridgehead atoms. The number of ether oxygens (including phenoxy) is 1. The molecule has 1 aromatic carbocycles.